The van der Waals surface area contributed by atoms with E-state index in [0.29, 0.717) is 0 Å². The molecular formula is C14H14BrClN2O2S. The minimum atomic E-state index is -3.80. The van der Waals surface area contributed by atoms with Crippen LogP contribution in [0.25, 0.3) is 0 Å². The summed E-state index contributed by atoms with van der Waals surface area (Å²) in [4.78, 5) is -0.0893. The normalized spacial score (nSPS) is 13.1. The van der Waals surface area contributed by atoms with Crippen LogP contribution in [0.1, 0.15) is 18.5 Å². The van der Waals surface area contributed by atoms with Gasteiger partial charge in [0.1, 0.15) is 4.90 Å². The molecule has 4 nitrogen and oxygen atoms in total. The Bertz CT molecular complexity index is 745. The number of nitrogens with two attached hydrogens (primary N) is 1. The third kappa shape index (κ3) is 3.77. The minimum absolute atomic E-state index is 0.0893. The molecule has 2 aromatic carbocycles. The van der Waals surface area contributed by atoms with Crippen molar-refractivity contribution in [2.24, 2.45) is 0 Å². The van der Waals surface area contributed by atoms with Crippen LogP contribution in [-0.2, 0) is 10.0 Å². The molecule has 1 atom stereocenters. The van der Waals surface area contributed by atoms with Gasteiger partial charge in [0.2, 0.25) is 10.0 Å². The van der Waals surface area contributed by atoms with Gasteiger partial charge in [0.25, 0.3) is 0 Å². The average Bonchev–Trinajstić information content (AvgIpc) is 2.37. The number of hydrogen-bond acceptors (Lipinski definition) is 3. The zero-order chi connectivity index (χ0) is 15.6. The second-order valence-corrected chi connectivity index (χ2v) is 7.53. The Hall–Kier alpha value is -1.08. The molecule has 0 aliphatic heterocycles. The fraction of sp³-hybridized carbons (Fsp3) is 0.143. The molecular weight excluding hydrogens is 376 g/mol. The van der Waals surface area contributed by atoms with Crippen molar-refractivity contribution in [1.82, 2.24) is 4.72 Å². The summed E-state index contributed by atoms with van der Waals surface area (Å²) in [5.41, 5.74) is 6.69. The zero-order valence-corrected chi connectivity index (χ0v) is 14.3. The van der Waals surface area contributed by atoms with Gasteiger partial charge in [-0.1, -0.05) is 45.7 Å². The highest BCUT2D eigenvalue weighted by Gasteiger charge is 2.23. The van der Waals surface area contributed by atoms with E-state index in [0.717, 1.165) is 10.0 Å². The molecule has 7 heteroatoms. The van der Waals surface area contributed by atoms with Gasteiger partial charge in [-0.3, -0.25) is 0 Å². The van der Waals surface area contributed by atoms with Gasteiger partial charge in [-0.15, -0.1) is 0 Å². The first-order valence-corrected chi connectivity index (χ1v) is 8.78. The van der Waals surface area contributed by atoms with Crippen molar-refractivity contribution in [2.45, 2.75) is 17.9 Å². The van der Waals surface area contributed by atoms with E-state index in [1.165, 1.54) is 12.1 Å². The van der Waals surface area contributed by atoms with Crippen LogP contribution in [0.2, 0.25) is 5.02 Å². The van der Waals surface area contributed by atoms with Crippen molar-refractivity contribution < 1.29 is 8.42 Å². The summed E-state index contributed by atoms with van der Waals surface area (Å²) in [5.74, 6) is 0. The Labute approximate surface area is 137 Å². The number of rotatable bonds is 4. The number of nitrogens with one attached hydrogen (secondary N) is 1. The maximum absolute atomic E-state index is 12.5. The maximum atomic E-state index is 12.5. The van der Waals surface area contributed by atoms with Crippen LogP contribution < -0.4 is 10.5 Å². The summed E-state index contributed by atoms with van der Waals surface area (Å²) in [6.07, 6.45) is 0. The largest absolute Gasteiger partial charge is 0.398 e. The predicted molar refractivity (Wildman–Crippen MR) is 88.7 cm³/mol. The highest BCUT2D eigenvalue weighted by atomic mass is 79.9. The lowest BCUT2D eigenvalue weighted by Crippen LogP contribution is -2.27. The lowest BCUT2D eigenvalue weighted by molar-refractivity contribution is 0.567. The molecule has 0 amide bonds. The first-order chi connectivity index (χ1) is 9.81. The zero-order valence-electron chi connectivity index (χ0n) is 11.2. The Morgan fingerprint density at radius 1 is 1.24 bits per heavy atom. The molecule has 0 heterocycles. The quantitative estimate of drug-likeness (QED) is 0.783. The second kappa shape index (κ2) is 6.36. The van der Waals surface area contributed by atoms with Gasteiger partial charge in [-0.05, 0) is 36.8 Å². The van der Waals surface area contributed by atoms with Gasteiger partial charge in [0.15, 0.2) is 0 Å². The predicted octanol–water partition coefficient (Wildman–Crippen LogP) is 3.72. The topological polar surface area (TPSA) is 72.2 Å². The molecule has 2 rings (SSSR count). The number of anilines is 1. The molecule has 3 N–H and O–H groups in total. The highest BCUT2D eigenvalue weighted by molar-refractivity contribution is 9.10. The van der Waals surface area contributed by atoms with Crippen LogP contribution in [0.5, 0.6) is 0 Å². The molecule has 2 aromatic rings. The summed E-state index contributed by atoms with van der Waals surface area (Å²) in [7, 11) is -3.80. The van der Waals surface area contributed by atoms with Gasteiger partial charge >= 0.3 is 0 Å². The third-order valence-corrected chi connectivity index (χ3v) is 5.52. The molecule has 0 aliphatic rings. The van der Waals surface area contributed by atoms with E-state index in [4.69, 9.17) is 17.3 Å². The van der Waals surface area contributed by atoms with Gasteiger partial charge in [-0.25, -0.2) is 13.1 Å². The van der Waals surface area contributed by atoms with E-state index in [9.17, 15) is 8.42 Å². The Balaban J connectivity index is 2.34. The Kier molecular flexibility index (Phi) is 4.93. The highest BCUT2D eigenvalue weighted by Crippen LogP contribution is 2.28. The first kappa shape index (κ1) is 16.3. The summed E-state index contributed by atoms with van der Waals surface area (Å²) < 4.78 is 28.4. The molecule has 21 heavy (non-hydrogen) atoms. The molecule has 0 radical (unpaired) electrons. The van der Waals surface area contributed by atoms with Crippen molar-refractivity contribution in [3.05, 3.63) is 57.5 Å². The molecule has 0 spiro atoms. The van der Waals surface area contributed by atoms with E-state index in [1.54, 1.807) is 13.0 Å². The minimum Gasteiger partial charge on any atom is -0.398 e. The van der Waals surface area contributed by atoms with Gasteiger partial charge in [0, 0.05) is 10.5 Å². The molecule has 0 saturated heterocycles. The standard InChI is InChI=1S/C14H14BrClN2O2S/c1-9(10-4-2-5-11(15)8-10)18-21(19,20)14-12(16)6-3-7-13(14)17/h2-9,18H,17H2,1H3. The number of hydrogen-bond donors (Lipinski definition) is 2. The first-order valence-electron chi connectivity index (χ1n) is 6.13. The molecule has 0 aromatic heterocycles. The fourth-order valence-corrected chi connectivity index (χ4v) is 4.27. The van der Waals surface area contributed by atoms with E-state index in [1.807, 2.05) is 24.3 Å². The van der Waals surface area contributed by atoms with Crippen molar-refractivity contribution in [3.8, 4) is 0 Å². The van der Waals surface area contributed by atoms with E-state index in [2.05, 4.69) is 20.7 Å². The molecule has 0 bridgehead atoms. The molecule has 0 saturated carbocycles. The smallest absolute Gasteiger partial charge is 0.244 e. The Morgan fingerprint density at radius 3 is 2.52 bits per heavy atom. The molecule has 1 unspecified atom stereocenters. The van der Waals surface area contributed by atoms with E-state index < -0.39 is 16.1 Å². The van der Waals surface area contributed by atoms with Crippen LogP contribution in [0.3, 0.4) is 0 Å². The van der Waals surface area contributed by atoms with Crippen molar-refractivity contribution in [2.75, 3.05) is 5.73 Å². The second-order valence-electron chi connectivity index (χ2n) is 4.56. The Morgan fingerprint density at radius 2 is 1.90 bits per heavy atom. The molecule has 112 valence electrons. The van der Waals surface area contributed by atoms with Crippen LogP contribution in [0.4, 0.5) is 5.69 Å². The third-order valence-electron chi connectivity index (χ3n) is 2.95. The number of benzene rings is 2. The van der Waals surface area contributed by atoms with Crippen molar-refractivity contribution >= 4 is 43.2 Å². The van der Waals surface area contributed by atoms with Crippen LogP contribution in [0.15, 0.2) is 51.8 Å². The lowest BCUT2D eigenvalue weighted by atomic mass is 10.1. The number of nitrogen functional groups attached to an aromatic ring is 1. The summed E-state index contributed by atoms with van der Waals surface area (Å²) in [5, 5.41) is 0.101. The average molecular weight is 390 g/mol. The molecule has 0 fully saturated rings. The van der Waals surface area contributed by atoms with Gasteiger partial charge < -0.3 is 5.73 Å². The summed E-state index contributed by atoms with van der Waals surface area (Å²) in [6, 6.07) is 11.6. The monoisotopic (exact) mass is 388 g/mol. The fourth-order valence-electron chi connectivity index (χ4n) is 1.94. The lowest BCUT2D eigenvalue weighted by Gasteiger charge is -2.16. The number of sulfonamides is 1. The van der Waals surface area contributed by atoms with E-state index >= 15 is 0 Å². The van der Waals surface area contributed by atoms with E-state index in [-0.39, 0.29) is 15.6 Å². The SMILES string of the molecule is CC(NS(=O)(=O)c1c(N)cccc1Cl)c1cccc(Br)c1. The van der Waals surface area contributed by atoms with Crippen LogP contribution >= 0.6 is 27.5 Å². The summed E-state index contributed by atoms with van der Waals surface area (Å²) >= 11 is 9.32. The van der Waals surface area contributed by atoms with Gasteiger partial charge in [-0.2, -0.15) is 0 Å². The van der Waals surface area contributed by atoms with Gasteiger partial charge in [0.05, 0.1) is 10.7 Å². The van der Waals surface area contributed by atoms with Crippen LogP contribution in [-0.4, -0.2) is 8.42 Å². The maximum Gasteiger partial charge on any atom is 0.244 e. The van der Waals surface area contributed by atoms with Crippen LogP contribution in [0, 0.1) is 0 Å². The van der Waals surface area contributed by atoms with Crippen molar-refractivity contribution in [3.63, 3.8) is 0 Å². The van der Waals surface area contributed by atoms with Crippen molar-refractivity contribution in [1.29, 1.82) is 0 Å². The molecule has 0 aliphatic carbocycles. The summed E-state index contributed by atoms with van der Waals surface area (Å²) in [6.45, 7) is 1.76. The number of halogens is 2.